The van der Waals surface area contributed by atoms with E-state index in [-0.39, 0.29) is 17.1 Å². The Hall–Kier alpha value is -2.44. The second-order valence-electron chi connectivity index (χ2n) is 3.46. The molecule has 0 aliphatic rings. The molecule has 1 aromatic rings. The highest BCUT2D eigenvalue weighted by Gasteiger charge is 2.17. The fourth-order valence-electron chi connectivity index (χ4n) is 1.09. The minimum atomic E-state index is -1.27. The number of carboxylic acids is 1. The van der Waals surface area contributed by atoms with Crippen molar-refractivity contribution in [2.45, 2.75) is 6.92 Å². The zero-order chi connectivity index (χ0) is 13.0. The van der Waals surface area contributed by atoms with Crippen LogP contribution in [0.15, 0.2) is 24.4 Å². The second-order valence-corrected chi connectivity index (χ2v) is 3.46. The number of aromatic nitrogens is 1. The third-order valence-electron chi connectivity index (χ3n) is 1.87. The molecule has 0 saturated carbocycles. The summed E-state index contributed by atoms with van der Waals surface area (Å²) in [6.07, 6.45) is 1.01. The van der Waals surface area contributed by atoms with Crippen LogP contribution < -0.4 is 5.32 Å². The van der Waals surface area contributed by atoms with Crippen LogP contribution in [-0.4, -0.2) is 27.5 Å². The van der Waals surface area contributed by atoms with E-state index in [1.54, 1.807) is 6.92 Å². The summed E-state index contributed by atoms with van der Waals surface area (Å²) in [5.74, 6) is -1.18. The quantitative estimate of drug-likeness (QED) is 0.458. The van der Waals surface area contributed by atoms with Gasteiger partial charge in [-0.05, 0) is 6.92 Å². The highest BCUT2D eigenvalue weighted by Crippen LogP contribution is 2.19. The van der Waals surface area contributed by atoms with Crippen molar-refractivity contribution in [3.05, 3.63) is 40.1 Å². The van der Waals surface area contributed by atoms with Gasteiger partial charge in [0.25, 0.3) is 5.69 Å². The van der Waals surface area contributed by atoms with Gasteiger partial charge < -0.3 is 10.4 Å². The van der Waals surface area contributed by atoms with E-state index in [1.165, 1.54) is 0 Å². The molecule has 90 valence electrons. The number of carbonyl (C=O) groups is 1. The molecule has 0 aromatic carbocycles. The van der Waals surface area contributed by atoms with Crippen LogP contribution in [0.2, 0.25) is 0 Å². The number of carboxylic acid groups (broad SMARTS) is 1. The molecule has 0 spiro atoms. The zero-order valence-electron chi connectivity index (χ0n) is 9.14. The lowest BCUT2D eigenvalue weighted by molar-refractivity contribution is -0.385. The Morgan fingerprint density at radius 3 is 2.82 bits per heavy atom. The van der Waals surface area contributed by atoms with Crippen molar-refractivity contribution >= 4 is 17.5 Å². The Morgan fingerprint density at radius 2 is 2.35 bits per heavy atom. The molecular weight excluding hydrogens is 226 g/mol. The van der Waals surface area contributed by atoms with Crippen molar-refractivity contribution in [3.8, 4) is 0 Å². The van der Waals surface area contributed by atoms with Gasteiger partial charge in [0.15, 0.2) is 0 Å². The first kappa shape index (κ1) is 12.6. The predicted octanol–water partition coefficient (Wildman–Crippen LogP) is 1.68. The highest BCUT2D eigenvalue weighted by atomic mass is 16.6. The summed E-state index contributed by atoms with van der Waals surface area (Å²) in [6, 6.07) is 0.968. The van der Waals surface area contributed by atoms with Crippen LogP contribution in [0.5, 0.6) is 0 Å². The van der Waals surface area contributed by atoms with Gasteiger partial charge in [-0.3, -0.25) is 10.1 Å². The smallest absolute Gasteiger partial charge is 0.339 e. The van der Waals surface area contributed by atoms with Gasteiger partial charge in [-0.25, -0.2) is 9.78 Å². The number of nitro groups is 1. The first-order valence-electron chi connectivity index (χ1n) is 4.67. The molecule has 0 aliphatic carbocycles. The molecule has 0 saturated heterocycles. The Labute approximate surface area is 96.9 Å². The molecule has 0 amide bonds. The molecule has 0 radical (unpaired) electrons. The van der Waals surface area contributed by atoms with Crippen LogP contribution in [0.3, 0.4) is 0 Å². The van der Waals surface area contributed by atoms with Crippen LogP contribution in [0.1, 0.15) is 17.3 Å². The number of nitrogens with one attached hydrogen (secondary N) is 1. The SMILES string of the molecule is C=C(C)CNc1ncc([N+](=O)[O-])cc1C(=O)O. The average Bonchev–Trinajstić information content (AvgIpc) is 2.25. The van der Waals surface area contributed by atoms with Gasteiger partial charge in [0, 0.05) is 12.6 Å². The van der Waals surface area contributed by atoms with E-state index in [0.29, 0.717) is 6.54 Å². The monoisotopic (exact) mass is 237 g/mol. The van der Waals surface area contributed by atoms with E-state index in [4.69, 9.17) is 5.11 Å². The normalized spacial score (nSPS) is 9.71. The maximum Gasteiger partial charge on any atom is 0.339 e. The lowest BCUT2D eigenvalue weighted by atomic mass is 10.2. The number of aromatic carboxylic acids is 1. The standard InChI is InChI=1S/C10H11N3O4/c1-6(2)4-11-9-8(10(14)15)3-7(5-12-9)13(16)17/h3,5H,1,4H2,2H3,(H,11,12)(H,14,15). The van der Waals surface area contributed by atoms with E-state index < -0.39 is 10.9 Å². The molecule has 1 rings (SSSR count). The van der Waals surface area contributed by atoms with E-state index in [9.17, 15) is 14.9 Å². The Balaban J connectivity index is 3.08. The molecule has 1 heterocycles. The summed E-state index contributed by atoms with van der Waals surface area (Å²) >= 11 is 0. The third-order valence-corrected chi connectivity index (χ3v) is 1.87. The molecule has 0 atom stereocenters. The summed E-state index contributed by atoms with van der Waals surface area (Å²) in [5.41, 5.74) is 0.199. The topological polar surface area (TPSA) is 105 Å². The summed E-state index contributed by atoms with van der Waals surface area (Å²) in [7, 11) is 0. The van der Waals surface area contributed by atoms with Gasteiger partial charge in [-0.15, -0.1) is 0 Å². The molecule has 7 heteroatoms. The fraction of sp³-hybridized carbons (Fsp3) is 0.200. The van der Waals surface area contributed by atoms with Crippen molar-refractivity contribution in [1.29, 1.82) is 0 Å². The predicted molar refractivity (Wildman–Crippen MR) is 61.2 cm³/mol. The van der Waals surface area contributed by atoms with E-state index in [1.807, 2.05) is 0 Å². The van der Waals surface area contributed by atoms with Crippen LogP contribution in [0, 0.1) is 10.1 Å². The summed E-state index contributed by atoms with van der Waals surface area (Å²) in [4.78, 5) is 24.4. The Kier molecular flexibility index (Phi) is 3.76. The van der Waals surface area contributed by atoms with Gasteiger partial charge in [0.1, 0.15) is 17.6 Å². The van der Waals surface area contributed by atoms with E-state index in [2.05, 4.69) is 16.9 Å². The molecule has 1 aromatic heterocycles. The minimum absolute atomic E-state index is 0.0890. The van der Waals surface area contributed by atoms with Crippen molar-refractivity contribution in [2.75, 3.05) is 11.9 Å². The number of rotatable bonds is 5. The van der Waals surface area contributed by atoms with Crippen LogP contribution in [0.4, 0.5) is 11.5 Å². The lowest BCUT2D eigenvalue weighted by Gasteiger charge is -2.07. The fourth-order valence-corrected chi connectivity index (χ4v) is 1.09. The molecular formula is C10H11N3O4. The Bertz CT molecular complexity index is 484. The van der Waals surface area contributed by atoms with Gasteiger partial charge in [0.05, 0.1) is 4.92 Å². The molecule has 7 nitrogen and oxygen atoms in total. The molecule has 17 heavy (non-hydrogen) atoms. The van der Waals surface area contributed by atoms with Crippen LogP contribution in [-0.2, 0) is 0 Å². The summed E-state index contributed by atoms with van der Waals surface area (Å²) < 4.78 is 0. The van der Waals surface area contributed by atoms with Crippen LogP contribution in [0.25, 0.3) is 0 Å². The van der Waals surface area contributed by atoms with Gasteiger partial charge in [-0.2, -0.15) is 0 Å². The van der Waals surface area contributed by atoms with Crippen molar-refractivity contribution in [1.82, 2.24) is 4.98 Å². The maximum atomic E-state index is 10.9. The van der Waals surface area contributed by atoms with E-state index in [0.717, 1.165) is 17.8 Å². The molecule has 0 fully saturated rings. The third kappa shape index (κ3) is 3.26. The molecule has 0 unspecified atom stereocenters. The largest absolute Gasteiger partial charge is 0.478 e. The van der Waals surface area contributed by atoms with Gasteiger partial charge in [0.2, 0.25) is 0 Å². The van der Waals surface area contributed by atoms with Crippen molar-refractivity contribution in [2.24, 2.45) is 0 Å². The summed E-state index contributed by atoms with van der Waals surface area (Å²) in [5, 5.41) is 22.1. The number of anilines is 1. The second kappa shape index (κ2) is 5.06. The lowest BCUT2D eigenvalue weighted by Crippen LogP contribution is -2.10. The molecule has 2 N–H and O–H groups in total. The van der Waals surface area contributed by atoms with Gasteiger partial charge in [-0.1, -0.05) is 12.2 Å². The molecule has 0 aliphatic heterocycles. The zero-order valence-corrected chi connectivity index (χ0v) is 9.14. The first-order chi connectivity index (χ1) is 7.91. The summed E-state index contributed by atoms with van der Waals surface area (Å²) in [6.45, 7) is 5.76. The van der Waals surface area contributed by atoms with E-state index >= 15 is 0 Å². The van der Waals surface area contributed by atoms with Crippen molar-refractivity contribution < 1.29 is 14.8 Å². The maximum absolute atomic E-state index is 10.9. The highest BCUT2D eigenvalue weighted by molar-refractivity contribution is 5.93. The number of hydrogen-bond acceptors (Lipinski definition) is 5. The van der Waals surface area contributed by atoms with Crippen molar-refractivity contribution in [3.63, 3.8) is 0 Å². The average molecular weight is 237 g/mol. The number of nitrogens with zero attached hydrogens (tertiary/aromatic N) is 2. The Morgan fingerprint density at radius 1 is 1.71 bits per heavy atom. The van der Waals surface area contributed by atoms with Gasteiger partial charge >= 0.3 is 5.97 Å². The number of hydrogen-bond donors (Lipinski definition) is 2. The first-order valence-corrected chi connectivity index (χ1v) is 4.67. The minimum Gasteiger partial charge on any atom is -0.478 e. The molecule has 0 bridgehead atoms. The number of pyridine rings is 1. The van der Waals surface area contributed by atoms with Crippen LogP contribution >= 0.6 is 0 Å².